The maximum Gasteiger partial charge on any atom is 0.161 e. The van der Waals surface area contributed by atoms with Crippen LogP contribution < -0.4 is 0 Å². The van der Waals surface area contributed by atoms with Gasteiger partial charge in [0.25, 0.3) is 0 Å². The summed E-state index contributed by atoms with van der Waals surface area (Å²) in [7, 11) is 0. The average molecular weight is 221 g/mol. The molecular weight excluding hydrogens is 212 g/mol. The van der Waals surface area contributed by atoms with Crippen molar-refractivity contribution in [1.29, 1.82) is 0 Å². The van der Waals surface area contributed by atoms with E-state index in [-0.39, 0.29) is 0 Å². The Labute approximate surface area is 92.4 Å². The normalized spacial score (nSPS) is 12.4. The van der Waals surface area contributed by atoms with Crippen molar-refractivity contribution in [3.63, 3.8) is 0 Å². The number of aliphatic hydroxyl groups is 1. The van der Waals surface area contributed by atoms with E-state index in [4.69, 9.17) is 11.6 Å². The molecule has 1 aromatic heterocycles. The molecule has 1 aromatic carbocycles. The third kappa shape index (κ3) is 2.32. The van der Waals surface area contributed by atoms with E-state index in [9.17, 15) is 5.11 Å². The van der Waals surface area contributed by atoms with Crippen molar-refractivity contribution in [3.05, 3.63) is 59.1 Å². The lowest BCUT2D eigenvalue weighted by Gasteiger charge is -2.08. The molecule has 1 unspecified atom stereocenters. The summed E-state index contributed by atoms with van der Waals surface area (Å²) in [6.45, 7) is 0. The lowest BCUT2D eigenvalue weighted by Crippen LogP contribution is -2.04. The van der Waals surface area contributed by atoms with Crippen LogP contribution in [-0.2, 0) is 0 Å². The molecule has 0 aliphatic carbocycles. The van der Waals surface area contributed by atoms with Crippen LogP contribution in [-0.4, -0.2) is 15.1 Å². The number of nitrogens with zero attached hydrogens (tertiary/aromatic N) is 2. The third-order valence-electron chi connectivity index (χ3n) is 1.99. The Morgan fingerprint density at radius 1 is 1.13 bits per heavy atom. The van der Waals surface area contributed by atoms with E-state index >= 15 is 0 Å². The largest absolute Gasteiger partial charge is 0.380 e. The van der Waals surface area contributed by atoms with Crippen LogP contribution in [0.2, 0.25) is 5.02 Å². The molecule has 2 rings (SSSR count). The fraction of sp³-hybridized carbons (Fsp3) is 0.0909. The van der Waals surface area contributed by atoms with Crippen LogP contribution in [0.15, 0.2) is 42.7 Å². The predicted octanol–water partition coefficient (Wildman–Crippen LogP) is 2.21. The third-order valence-corrected chi connectivity index (χ3v) is 2.23. The number of aromatic nitrogens is 2. The minimum Gasteiger partial charge on any atom is -0.380 e. The van der Waals surface area contributed by atoms with Crippen molar-refractivity contribution in [2.45, 2.75) is 6.10 Å². The highest BCUT2D eigenvalue weighted by Gasteiger charge is 2.12. The summed E-state index contributed by atoms with van der Waals surface area (Å²) in [5.74, 6) is 0.375. The molecule has 76 valence electrons. The van der Waals surface area contributed by atoms with Gasteiger partial charge >= 0.3 is 0 Å². The summed E-state index contributed by atoms with van der Waals surface area (Å²) in [6, 6.07) is 8.72. The molecule has 0 aliphatic rings. The van der Waals surface area contributed by atoms with Crippen molar-refractivity contribution in [3.8, 4) is 0 Å². The number of hydrogen-bond acceptors (Lipinski definition) is 3. The van der Waals surface area contributed by atoms with Gasteiger partial charge in [-0.1, -0.05) is 23.7 Å². The van der Waals surface area contributed by atoms with E-state index in [2.05, 4.69) is 9.97 Å². The Hall–Kier alpha value is -1.45. The molecule has 4 heteroatoms. The molecule has 3 nitrogen and oxygen atoms in total. The summed E-state index contributed by atoms with van der Waals surface area (Å²) in [4.78, 5) is 7.96. The van der Waals surface area contributed by atoms with Crippen LogP contribution in [0, 0.1) is 0 Å². The Morgan fingerprint density at radius 2 is 1.87 bits per heavy atom. The summed E-state index contributed by atoms with van der Waals surface area (Å²) in [5, 5.41) is 10.5. The van der Waals surface area contributed by atoms with Crippen LogP contribution in [0.25, 0.3) is 0 Å². The maximum atomic E-state index is 9.93. The standard InChI is InChI=1S/C11H9ClN2O/c12-9-4-1-3-8(7-9)10(15)11-13-5-2-6-14-11/h1-7,10,15H. The van der Waals surface area contributed by atoms with Gasteiger partial charge in [0.1, 0.15) is 6.10 Å². The molecule has 1 heterocycles. The predicted molar refractivity (Wildman–Crippen MR) is 57.5 cm³/mol. The Bertz CT molecular complexity index is 447. The lowest BCUT2D eigenvalue weighted by molar-refractivity contribution is 0.210. The summed E-state index contributed by atoms with van der Waals surface area (Å²) in [6.07, 6.45) is 2.36. The first kappa shape index (κ1) is 10.1. The Balaban J connectivity index is 2.32. The van der Waals surface area contributed by atoms with E-state index in [1.54, 1.807) is 42.7 Å². The fourth-order valence-electron chi connectivity index (χ4n) is 1.28. The van der Waals surface area contributed by atoms with Crippen LogP contribution in [0.4, 0.5) is 0 Å². The lowest BCUT2D eigenvalue weighted by atomic mass is 10.1. The summed E-state index contributed by atoms with van der Waals surface area (Å²) in [5.41, 5.74) is 0.689. The molecule has 0 spiro atoms. The van der Waals surface area contributed by atoms with Gasteiger partial charge in [-0.15, -0.1) is 0 Å². The van der Waals surface area contributed by atoms with Gasteiger partial charge in [0.05, 0.1) is 0 Å². The van der Waals surface area contributed by atoms with Gasteiger partial charge < -0.3 is 5.11 Å². The van der Waals surface area contributed by atoms with Crippen LogP contribution in [0.1, 0.15) is 17.5 Å². The molecule has 0 fully saturated rings. The Morgan fingerprint density at radius 3 is 2.53 bits per heavy atom. The van der Waals surface area contributed by atoms with Crippen LogP contribution >= 0.6 is 11.6 Å². The first-order valence-corrected chi connectivity index (χ1v) is 4.85. The second kappa shape index (κ2) is 4.38. The van der Waals surface area contributed by atoms with Crippen LogP contribution in [0.5, 0.6) is 0 Å². The van der Waals surface area contributed by atoms with Crippen molar-refractivity contribution in [2.75, 3.05) is 0 Å². The molecule has 0 amide bonds. The van der Waals surface area contributed by atoms with Gasteiger partial charge in [0, 0.05) is 17.4 Å². The number of halogens is 1. The molecule has 0 bridgehead atoms. The molecule has 0 saturated heterocycles. The van der Waals surface area contributed by atoms with E-state index in [0.29, 0.717) is 16.4 Å². The minimum atomic E-state index is -0.829. The summed E-state index contributed by atoms with van der Waals surface area (Å²) < 4.78 is 0. The van der Waals surface area contributed by atoms with E-state index < -0.39 is 6.10 Å². The zero-order valence-electron chi connectivity index (χ0n) is 7.84. The molecule has 0 radical (unpaired) electrons. The molecule has 1 N–H and O–H groups in total. The fourth-order valence-corrected chi connectivity index (χ4v) is 1.48. The van der Waals surface area contributed by atoms with Gasteiger partial charge in [-0.25, -0.2) is 9.97 Å². The highest BCUT2D eigenvalue weighted by Crippen LogP contribution is 2.21. The van der Waals surface area contributed by atoms with Crippen molar-refractivity contribution < 1.29 is 5.11 Å². The number of hydrogen-bond donors (Lipinski definition) is 1. The smallest absolute Gasteiger partial charge is 0.161 e. The van der Waals surface area contributed by atoms with E-state index in [1.165, 1.54) is 0 Å². The topological polar surface area (TPSA) is 46.0 Å². The SMILES string of the molecule is OC(c1cccc(Cl)c1)c1ncccn1. The van der Waals surface area contributed by atoms with Gasteiger partial charge in [-0.2, -0.15) is 0 Å². The first-order valence-electron chi connectivity index (χ1n) is 4.48. The van der Waals surface area contributed by atoms with Gasteiger partial charge in [0.15, 0.2) is 5.82 Å². The first-order chi connectivity index (χ1) is 7.27. The molecular formula is C11H9ClN2O. The molecule has 2 aromatic rings. The quantitative estimate of drug-likeness (QED) is 0.844. The number of aliphatic hydroxyl groups excluding tert-OH is 1. The highest BCUT2D eigenvalue weighted by molar-refractivity contribution is 6.30. The molecule has 0 saturated carbocycles. The molecule has 15 heavy (non-hydrogen) atoms. The van der Waals surface area contributed by atoms with E-state index in [0.717, 1.165) is 0 Å². The zero-order chi connectivity index (χ0) is 10.7. The number of rotatable bonds is 2. The molecule has 0 aliphatic heterocycles. The highest BCUT2D eigenvalue weighted by atomic mass is 35.5. The second-order valence-electron chi connectivity index (χ2n) is 3.06. The number of benzene rings is 1. The zero-order valence-corrected chi connectivity index (χ0v) is 8.59. The Kier molecular flexibility index (Phi) is 2.94. The maximum absolute atomic E-state index is 9.93. The minimum absolute atomic E-state index is 0.375. The van der Waals surface area contributed by atoms with Crippen molar-refractivity contribution >= 4 is 11.6 Å². The van der Waals surface area contributed by atoms with Gasteiger partial charge in [0.2, 0.25) is 0 Å². The van der Waals surface area contributed by atoms with E-state index in [1.807, 2.05) is 0 Å². The summed E-state index contributed by atoms with van der Waals surface area (Å²) >= 11 is 5.82. The van der Waals surface area contributed by atoms with Crippen molar-refractivity contribution in [1.82, 2.24) is 9.97 Å². The molecule has 1 atom stereocenters. The van der Waals surface area contributed by atoms with Gasteiger partial charge in [-0.05, 0) is 23.8 Å². The van der Waals surface area contributed by atoms with Crippen LogP contribution in [0.3, 0.4) is 0 Å². The average Bonchev–Trinajstić information content (AvgIpc) is 2.29. The van der Waals surface area contributed by atoms with Gasteiger partial charge in [-0.3, -0.25) is 0 Å². The second-order valence-corrected chi connectivity index (χ2v) is 3.50. The van der Waals surface area contributed by atoms with Crippen molar-refractivity contribution in [2.24, 2.45) is 0 Å². The monoisotopic (exact) mass is 220 g/mol.